The van der Waals surface area contributed by atoms with Crippen molar-refractivity contribution < 1.29 is 4.42 Å². The fourth-order valence-corrected chi connectivity index (χ4v) is 8.18. The fraction of sp³-hybridized carbons (Fsp3) is 0. The summed E-state index contributed by atoms with van der Waals surface area (Å²) >= 11 is 1.80. The Hall–Kier alpha value is -6.43. The number of hydrogen-bond acceptors (Lipinski definition) is 5. The zero-order valence-corrected chi connectivity index (χ0v) is 27.6. The van der Waals surface area contributed by atoms with Gasteiger partial charge in [-0.1, -0.05) is 133 Å². The number of benzene rings is 7. The van der Waals surface area contributed by atoms with Crippen molar-refractivity contribution in [1.82, 2.24) is 15.0 Å². The molecule has 5 heteroatoms. The van der Waals surface area contributed by atoms with Crippen molar-refractivity contribution in [3.63, 3.8) is 0 Å². The monoisotopic (exact) mass is 657 g/mol. The summed E-state index contributed by atoms with van der Waals surface area (Å²) in [5.74, 6) is 1.85. The Labute approximate surface area is 292 Å². The number of para-hydroxylation sites is 1. The molecule has 7 aromatic carbocycles. The molecule has 234 valence electrons. The lowest BCUT2D eigenvalue weighted by Crippen LogP contribution is -2.00. The molecule has 0 radical (unpaired) electrons. The summed E-state index contributed by atoms with van der Waals surface area (Å²) < 4.78 is 8.71. The van der Waals surface area contributed by atoms with Crippen LogP contribution in [0.25, 0.3) is 98.5 Å². The minimum Gasteiger partial charge on any atom is -0.456 e. The van der Waals surface area contributed by atoms with E-state index in [1.165, 1.54) is 31.3 Å². The van der Waals surface area contributed by atoms with Crippen LogP contribution in [0.2, 0.25) is 0 Å². The fourth-order valence-electron chi connectivity index (χ4n) is 7.01. The van der Waals surface area contributed by atoms with E-state index >= 15 is 0 Å². The molecular weight excluding hydrogens is 631 g/mol. The van der Waals surface area contributed by atoms with Crippen LogP contribution < -0.4 is 0 Å². The van der Waals surface area contributed by atoms with Crippen LogP contribution in [0, 0.1) is 0 Å². The third-order valence-corrected chi connectivity index (χ3v) is 10.5. The van der Waals surface area contributed by atoms with Gasteiger partial charge in [-0.2, -0.15) is 0 Å². The lowest BCUT2D eigenvalue weighted by atomic mass is 9.99. The second kappa shape index (κ2) is 11.6. The highest BCUT2D eigenvalue weighted by molar-refractivity contribution is 7.26. The molecule has 0 fully saturated rings. The Balaban J connectivity index is 1.19. The van der Waals surface area contributed by atoms with Gasteiger partial charge in [0.15, 0.2) is 17.5 Å². The molecule has 0 atom stereocenters. The van der Waals surface area contributed by atoms with Crippen LogP contribution in [0.4, 0.5) is 0 Å². The van der Waals surface area contributed by atoms with Gasteiger partial charge in [0.2, 0.25) is 0 Å². The van der Waals surface area contributed by atoms with Gasteiger partial charge in [0.25, 0.3) is 0 Å². The standard InChI is InChI=1S/C45H27N3OS/c1-3-12-28(13-4-1)30-16-9-17-31(26-30)43-46-44(48-45(47-43)36-20-10-22-38-41(36)34-18-7-8-21-37(34)49-38)32-24-25-35-40(27-32)50-39-23-11-19-33(42(35)39)29-14-5-2-6-15-29/h1-27H. The Morgan fingerprint density at radius 1 is 0.360 bits per heavy atom. The minimum atomic E-state index is 0.607. The van der Waals surface area contributed by atoms with Crippen LogP contribution in [0.1, 0.15) is 0 Å². The quantitative estimate of drug-likeness (QED) is 0.185. The first-order chi connectivity index (χ1) is 24.8. The molecule has 10 aromatic rings. The molecule has 0 unspecified atom stereocenters. The molecule has 3 heterocycles. The van der Waals surface area contributed by atoms with Crippen LogP contribution in [0.15, 0.2) is 168 Å². The first-order valence-corrected chi connectivity index (χ1v) is 17.4. The van der Waals surface area contributed by atoms with Gasteiger partial charge in [-0.05, 0) is 52.6 Å². The SMILES string of the molecule is c1ccc(-c2cccc(-c3nc(-c4ccc5c(c4)sc4cccc(-c6ccccc6)c45)nc(-c4cccc5oc6ccccc6c45)n3)c2)cc1. The summed E-state index contributed by atoms with van der Waals surface area (Å²) in [6.07, 6.45) is 0. The third-order valence-electron chi connectivity index (χ3n) is 9.35. The number of nitrogens with zero attached hydrogens (tertiary/aromatic N) is 3. The van der Waals surface area contributed by atoms with Gasteiger partial charge >= 0.3 is 0 Å². The van der Waals surface area contributed by atoms with Crippen LogP contribution >= 0.6 is 11.3 Å². The van der Waals surface area contributed by atoms with Crippen LogP contribution in [-0.2, 0) is 0 Å². The largest absolute Gasteiger partial charge is 0.456 e. The first-order valence-electron chi connectivity index (χ1n) is 16.6. The topological polar surface area (TPSA) is 51.8 Å². The number of thiophene rings is 1. The van der Waals surface area contributed by atoms with Gasteiger partial charge in [0, 0.05) is 47.6 Å². The van der Waals surface area contributed by atoms with E-state index in [4.69, 9.17) is 19.4 Å². The third kappa shape index (κ3) is 4.79. The summed E-state index contributed by atoms with van der Waals surface area (Å²) in [7, 11) is 0. The molecular formula is C45H27N3OS. The smallest absolute Gasteiger partial charge is 0.164 e. The molecule has 0 N–H and O–H groups in total. The molecule has 4 nitrogen and oxygen atoms in total. The van der Waals surface area contributed by atoms with E-state index in [-0.39, 0.29) is 0 Å². The maximum atomic E-state index is 6.26. The first kappa shape index (κ1) is 28.6. The zero-order chi connectivity index (χ0) is 33.0. The van der Waals surface area contributed by atoms with Crippen molar-refractivity contribution >= 4 is 53.4 Å². The van der Waals surface area contributed by atoms with Gasteiger partial charge < -0.3 is 4.42 Å². The second-order valence-electron chi connectivity index (χ2n) is 12.4. The number of rotatable bonds is 5. The number of hydrogen-bond donors (Lipinski definition) is 0. The van der Waals surface area contributed by atoms with Crippen molar-refractivity contribution in [2.24, 2.45) is 0 Å². The molecule has 3 aromatic heterocycles. The van der Waals surface area contributed by atoms with E-state index in [1.807, 2.05) is 36.4 Å². The Kier molecular flexibility index (Phi) is 6.64. The van der Waals surface area contributed by atoms with Crippen molar-refractivity contribution in [3.8, 4) is 56.4 Å². The van der Waals surface area contributed by atoms with Crippen LogP contribution in [0.3, 0.4) is 0 Å². The average molecular weight is 658 g/mol. The maximum Gasteiger partial charge on any atom is 0.164 e. The van der Waals surface area contributed by atoms with Gasteiger partial charge in [-0.15, -0.1) is 11.3 Å². The maximum absolute atomic E-state index is 6.26. The predicted octanol–water partition coefficient (Wildman–Crippen LogP) is 12.5. The van der Waals surface area contributed by atoms with Crippen molar-refractivity contribution in [1.29, 1.82) is 0 Å². The average Bonchev–Trinajstić information content (AvgIpc) is 3.77. The zero-order valence-electron chi connectivity index (χ0n) is 26.7. The summed E-state index contributed by atoms with van der Waals surface area (Å²) in [4.78, 5) is 15.5. The molecule has 0 amide bonds. The van der Waals surface area contributed by atoms with E-state index in [2.05, 4.69) is 127 Å². The lowest BCUT2D eigenvalue weighted by Gasteiger charge is -2.10. The van der Waals surface area contributed by atoms with Gasteiger partial charge in [0.05, 0.1) is 0 Å². The van der Waals surface area contributed by atoms with Crippen LogP contribution in [0.5, 0.6) is 0 Å². The molecule has 0 saturated carbocycles. The molecule has 0 spiro atoms. The Bertz CT molecular complexity index is 2870. The Morgan fingerprint density at radius 2 is 0.980 bits per heavy atom. The van der Waals surface area contributed by atoms with E-state index in [0.29, 0.717) is 17.5 Å². The molecule has 0 aliphatic rings. The van der Waals surface area contributed by atoms with Crippen LogP contribution in [-0.4, -0.2) is 15.0 Å². The van der Waals surface area contributed by atoms with Gasteiger partial charge in [-0.25, -0.2) is 15.0 Å². The number of fused-ring (bicyclic) bond motifs is 6. The molecule has 50 heavy (non-hydrogen) atoms. The highest BCUT2D eigenvalue weighted by Crippen LogP contribution is 2.42. The summed E-state index contributed by atoms with van der Waals surface area (Å²) in [5, 5.41) is 4.54. The highest BCUT2D eigenvalue weighted by Gasteiger charge is 2.19. The highest BCUT2D eigenvalue weighted by atomic mass is 32.1. The Morgan fingerprint density at radius 3 is 1.82 bits per heavy atom. The predicted molar refractivity (Wildman–Crippen MR) is 207 cm³/mol. The van der Waals surface area contributed by atoms with Gasteiger partial charge in [0.1, 0.15) is 11.2 Å². The molecule has 10 rings (SSSR count). The molecule has 0 aliphatic heterocycles. The van der Waals surface area contributed by atoms with E-state index in [9.17, 15) is 0 Å². The van der Waals surface area contributed by atoms with E-state index in [0.717, 1.165) is 49.8 Å². The minimum absolute atomic E-state index is 0.607. The molecule has 0 bridgehead atoms. The van der Waals surface area contributed by atoms with Crippen molar-refractivity contribution in [2.75, 3.05) is 0 Å². The summed E-state index contributed by atoms with van der Waals surface area (Å²) in [5.41, 5.74) is 9.13. The molecule has 0 aliphatic carbocycles. The number of furan rings is 1. The summed E-state index contributed by atoms with van der Waals surface area (Å²) in [6, 6.07) is 56.8. The number of aromatic nitrogens is 3. The lowest BCUT2D eigenvalue weighted by molar-refractivity contribution is 0.669. The second-order valence-corrected chi connectivity index (χ2v) is 13.5. The molecule has 0 saturated heterocycles. The normalized spacial score (nSPS) is 11.6. The van der Waals surface area contributed by atoms with Crippen molar-refractivity contribution in [3.05, 3.63) is 164 Å². The summed E-state index contributed by atoms with van der Waals surface area (Å²) in [6.45, 7) is 0. The van der Waals surface area contributed by atoms with Crippen molar-refractivity contribution in [2.45, 2.75) is 0 Å². The van der Waals surface area contributed by atoms with E-state index in [1.54, 1.807) is 11.3 Å². The van der Waals surface area contributed by atoms with Gasteiger partial charge in [-0.3, -0.25) is 0 Å². The van der Waals surface area contributed by atoms with E-state index < -0.39 is 0 Å².